The molecule has 0 radical (unpaired) electrons. The van der Waals surface area contributed by atoms with E-state index in [0.717, 1.165) is 5.82 Å². The normalized spacial score (nSPS) is 10.3. The van der Waals surface area contributed by atoms with Crippen LogP contribution < -0.4 is 5.32 Å². The van der Waals surface area contributed by atoms with Gasteiger partial charge < -0.3 is 9.30 Å². The Hall–Kier alpha value is -1.07. The zero-order valence-electron chi connectivity index (χ0n) is 8.79. The maximum atomic E-state index is 11.0. The lowest BCUT2D eigenvalue weighted by atomic mass is 10.5. The van der Waals surface area contributed by atoms with Crippen molar-refractivity contribution in [1.82, 2.24) is 14.9 Å². The van der Waals surface area contributed by atoms with E-state index >= 15 is 0 Å². The van der Waals surface area contributed by atoms with Crippen molar-refractivity contribution in [2.75, 3.05) is 13.2 Å². The van der Waals surface area contributed by atoms with E-state index in [1.54, 1.807) is 17.7 Å². The number of rotatable bonds is 5. The fraction of sp³-hybridized carbons (Fsp3) is 0.556. The molecule has 84 valence electrons. The lowest BCUT2D eigenvalue weighted by molar-refractivity contribution is -0.142. The van der Waals surface area contributed by atoms with Gasteiger partial charge in [-0.15, -0.1) is 0 Å². The van der Waals surface area contributed by atoms with Gasteiger partial charge in [-0.3, -0.25) is 10.1 Å². The van der Waals surface area contributed by atoms with Crippen LogP contribution in [0.25, 0.3) is 0 Å². The van der Waals surface area contributed by atoms with E-state index in [1.807, 2.05) is 7.05 Å². The van der Waals surface area contributed by atoms with Crippen molar-refractivity contribution >= 4 is 17.6 Å². The molecular weight excluding hydrogens is 218 g/mol. The number of nitrogens with zero attached hydrogens (tertiary/aromatic N) is 2. The zero-order valence-corrected chi connectivity index (χ0v) is 9.54. The van der Waals surface area contributed by atoms with Gasteiger partial charge in [-0.05, 0) is 6.92 Å². The van der Waals surface area contributed by atoms with E-state index in [0.29, 0.717) is 18.3 Å². The SMILES string of the molecule is CCOC(=O)CNCc1ncc(Cl)n1C. The summed E-state index contributed by atoms with van der Waals surface area (Å²) in [5, 5.41) is 3.50. The third kappa shape index (κ3) is 3.53. The predicted octanol–water partition coefficient (Wildman–Crippen LogP) is 0.726. The number of nitrogens with one attached hydrogen (secondary N) is 1. The van der Waals surface area contributed by atoms with Crippen LogP contribution in [0.1, 0.15) is 12.7 Å². The Morgan fingerprint density at radius 3 is 3.00 bits per heavy atom. The van der Waals surface area contributed by atoms with E-state index < -0.39 is 0 Å². The first kappa shape index (κ1) is 12.0. The predicted molar refractivity (Wildman–Crippen MR) is 56.6 cm³/mol. The highest BCUT2D eigenvalue weighted by atomic mass is 35.5. The first-order chi connectivity index (χ1) is 7.15. The van der Waals surface area contributed by atoms with E-state index in [1.165, 1.54) is 0 Å². The molecule has 1 rings (SSSR count). The Labute approximate surface area is 93.4 Å². The van der Waals surface area contributed by atoms with Gasteiger partial charge in [-0.1, -0.05) is 11.6 Å². The lowest BCUT2D eigenvalue weighted by Gasteiger charge is -2.04. The fourth-order valence-corrected chi connectivity index (χ4v) is 1.22. The van der Waals surface area contributed by atoms with E-state index in [-0.39, 0.29) is 12.5 Å². The highest BCUT2D eigenvalue weighted by Gasteiger charge is 2.05. The van der Waals surface area contributed by atoms with Gasteiger partial charge in [-0.2, -0.15) is 0 Å². The van der Waals surface area contributed by atoms with Crippen LogP contribution in [0.5, 0.6) is 0 Å². The summed E-state index contributed by atoms with van der Waals surface area (Å²) >= 11 is 5.80. The van der Waals surface area contributed by atoms with Gasteiger partial charge in [0.15, 0.2) is 0 Å². The Morgan fingerprint density at radius 2 is 2.47 bits per heavy atom. The molecule has 0 unspecified atom stereocenters. The van der Waals surface area contributed by atoms with Crippen LogP contribution in [-0.4, -0.2) is 28.7 Å². The van der Waals surface area contributed by atoms with Gasteiger partial charge in [-0.25, -0.2) is 4.98 Å². The second-order valence-electron chi connectivity index (χ2n) is 2.96. The molecule has 0 aromatic carbocycles. The molecule has 0 aliphatic carbocycles. The molecule has 0 atom stereocenters. The van der Waals surface area contributed by atoms with Crippen molar-refractivity contribution in [1.29, 1.82) is 0 Å². The Bertz CT molecular complexity index is 338. The number of hydrogen-bond acceptors (Lipinski definition) is 4. The number of esters is 1. The number of imidazole rings is 1. The summed E-state index contributed by atoms with van der Waals surface area (Å²) in [5.74, 6) is 0.516. The molecule has 0 aliphatic heterocycles. The summed E-state index contributed by atoms with van der Waals surface area (Å²) in [6.07, 6.45) is 1.57. The molecule has 1 N–H and O–H groups in total. The minimum atomic E-state index is -0.266. The van der Waals surface area contributed by atoms with Crippen LogP contribution in [0.4, 0.5) is 0 Å². The Kier molecular flexibility index (Phi) is 4.58. The topological polar surface area (TPSA) is 56.1 Å². The number of halogens is 1. The molecule has 0 spiro atoms. The molecule has 1 heterocycles. The van der Waals surface area contributed by atoms with Gasteiger partial charge in [0, 0.05) is 7.05 Å². The monoisotopic (exact) mass is 231 g/mol. The van der Waals surface area contributed by atoms with Gasteiger partial charge in [0.25, 0.3) is 0 Å². The first-order valence-corrected chi connectivity index (χ1v) is 5.05. The van der Waals surface area contributed by atoms with E-state index in [2.05, 4.69) is 10.3 Å². The third-order valence-electron chi connectivity index (χ3n) is 1.89. The van der Waals surface area contributed by atoms with E-state index in [9.17, 15) is 4.79 Å². The van der Waals surface area contributed by atoms with Crippen LogP contribution in [0.15, 0.2) is 6.20 Å². The van der Waals surface area contributed by atoms with Crippen LogP contribution >= 0.6 is 11.6 Å². The smallest absolute Gasteiger partial charge is 0.319 e. The van der Waals surface area contributed by atoms with Crippen molar-refractivity contribution in [3.8, 4) is 0 Å². The molecule has 1 aromatic rings. The Morgan fingerprint density at radius 1 is 1.73 bits per heavy atom. The molecule has 0 amide bonds. The van der Waals surface area contributed by atoms with Crippen molar-refractivity contribution in [3.63, 3.8) is 0 Å². The second kappa shape index (κ2) is 5.72. The summed E-state index contributed by atoms with van der Waals surface area (Å²) in [5.41, 5.74) is 0. The molecule has 15 heavy (non-hydrogen) atoms. The quantitative estimate of drug-likeness (QED) is 0.759. The minimum absolute atomic E-state index is 0.179. The highest BCUT2D eigenvalue weighted by Crippen LogP contribution is 2.08. The van der Waals surface area contributed by atoms with E-state index in [4.69, 9.17) is 16.3 Å². The number of carbonyl (C=O) groups is 1. The minimum Gasteiger partial charge on any atom is -0.465 e. The van der Waals surface area contributed by atoms with Gasteiger partial charge >= 0.3 is 5.97 Å². The molecule has 0 aliphatic rings. The number of carbonyl (C=O) groups excluding carboxylic acids is 1. The van der Waals surface area contributed by atoms with Crippen molar-refractivity contribution < 1.29 is 9.53 Å². The molecular formula is C9H14ClN3O2. The van der Waals surface area contributed by atoms with Crippen molar-refractivity contribution in [2.45, 2.75) is 13.5 Å². The zero-order chi connectivity index (χ0) is 11.3. The maximum absolute atomic E-state index is 11.0. The largest absolute Gasteiger partial charge is 0.465 e. The number of ether oxygens (including phenoxy) is 1. The average Bonchev–Trinajstić information content (AvgIpc) is 2.50. The van der Waals surface area contributed by atoms with Crippen LogP contribution in [0.2, 0.25) is 5.15 Å². The molecule has 6 heteroatoms. The Balaban J connectivity index is 2.32. The van der Waals surface area contributed by atoms with Crippen molar-refractivity contribution in [2.24, 2.45) is 7.05 Å². The highest BCUT2D eigenvalue weighted by molar-refractivity contribution is 6.29. The molecule has 0 saturated heterocycles. The summed E-state index contributed by atoms with van der Waals surface area (Å²) in [4.78, 5) is 15.1. The van der Waals surface area contributed by atoms with Gasteiger partial charge in [0.05, 0.1) is 25.9 Å². The molecule has 1 aromatic heterocycles. The summed E-state index contributed by atoms with van der Waals surface area (Å²) in [6.45, 7) is 2.84. The molecule has 0 fully saturated rings. The van der Waals surface area contributed by atoms with Gasteiger partial charge in [0.2, 0.25) is 0 Å². The summed E-state index contributed by atoms with van der Waals surface area (Å²) in [7, 11) is 1.82. The molecule has 0 saturated carbocycles. The lowest BCUT2D eigenvalue weighted by Crippen LogP contribution is -2.25. The van der Waals surface area contributed by atoms with Crippen molar-refractivity contribution in [3.05, 3.63) is 17.2 Å². The number of hydrogen-bond donors (Lipinski definition) is 1. The summed E-state index contributed by atoms with van der Waals surface area (Å²) in [6, 6.07) is 0. The molecule has 0 bridgehead atoms. The first-order valence-electron chi connectivity index (χ1n) is 4.67. The van der Waals surface area contributed by atoms with Crippen LogP contribution in [-0.2, 0) is 23.1 Å². The van der Waals surface area contributed by atoms with Gasteiger partial charge in [0.1, 0.15) is 11.0 Å². The second-order valence-corrected chi connectivity index (χ2v) is 3.35. The standard InChI is InChI=1S/C9H14ClN3O2/c1-3-15-9(14)6-11-5-8-12-4-7(10)13(8)2/h4,11H,3,5-6H2,1-2H3. The van der Waals surface area contributed by atoms with Crippen LogP contribution in [0, 0.1) is 0 Å². The third-order valence-corrected chi connectivity index (χ3v) is 2.24. The average molecular weight is 232 g/mol. The molecule has 5 nitrogen and oxygen atoms in total. The van der Waals surface area contributed by atoms with Crippen LogP contribution in [0.3, 0.4) is 0 Å². The maximum Gasteiger partial charge on any atom is 0.319 e. The number of aromatic nitrogens is 2. The summed E-state index contributed by atoms with van der Waals surface area (Å²) < 4.78 is 6.51. The fourth-order valence-electron chi connectivity index (χ4n) is 1.08.